The monoisotopic (exact) mass is 241 g/mol. The van der Waals surface area contributed by atoms with Crippen LogP contribution in [0.5, 0.6) is 0 Å². The topological polar surface area (TPSA) is 37.4 Å². The molecule has 0 saturated heterocycles. The number of alkyl halides is 1. The summed E-state index contributed by atoms with van der Waals surface area (Å²) in [5, 5.41) is -0.322. The SMILES string of the molecule is CCCCCN(C(C)C)S(=O)(=O)CCl. The molecule has 0 spiro atoms. The Labute approximate surface area is 92.5 Å². The van der Waals surface area contributed by atoms with Gasteiger partial charge in [0.2, 0.25) is 10.0 Å². The molecule has 0 radical (unpaired) electrons. The summed E-state index contributed by atoms with van der Waals surface area (Å²) in [6.07, 6.45) is 3.05. The van der Waals surface area contributed by atoms with E-state index in [9.17, 15) is 8.42 Å². The van der Waals surface area contributed by atoms with Gasteiger partial charge in [-0.15, -0.1) is 11.6 Å². The molecule has 0 aliphatic rings. The molecule has 3 nitrogen and oxygen atoms in total. The molecule has 0 bridgehead atoms. The molecule has 0 aromatic heterocycles. The van der Waals surface area contributed by atoms with Gasteiger partial charge in [0.25, 0.3) is 0 Å². The first kappa shape index (κ1) is 14.2. The minimum absolute atomic E-state index is 0.00407. The summed E-state index contributed by atoms with van der Waals surface area (Å²) in [6, 6.07) is -0.00407. The molecule has 0 aromatic carbocycles. The van der Waals surface area contributed by atoms with E-state index in [0.29, 0.717) is 6.54 Å². The van der Waals surface area contributed by atoms with Gasteiger partial charge in [0, 0.05) is 12.6 Å². The first-order chi connectivity index (χ1) is 6.45. The van der Waals surface area contributed by atoms with Crippen LogP contribution in [0.15, 0.2) is 0 Å². The first-order valence-electron chi connectivity index (χ1n) is 5.01. The van der Waals surface area contributed by atoms with Crippen LogP contribution in [0.4, 0.5) is 0 Å². The smallest absolute Gasteiger partial charge is 0.211 e. The quantitative estimate of drug-likeness (QED) is 0.507. The number of halogens is 1. The Bertz CT molecular complexity index is 239. The molecule has 0 amide bonds. The average Bonchev–Trinajstić information content (AvgIpc) is 2.11. The summed E-state index contributed by atoms with van der Waals surface area (Å²) in [7, 11) is -3.24. The van der Waals surface area contributed by atoms with Gasteiger partial charge in [0.05, 0.1) is 0 Å². The van der Waals surface area contributed by atoms with E-state index < -0.39 is 10.0 Å². The Morgan fingerprint density at radius 3 is 2.21 bits per heavy atom. The van der Waals surface area contributed by atoms with Gasteiger partial charge in [-0.2, -0.15) is 4.31 Å². The van der Waals surface area contributed by atoms with Crippen molar-refractivity contribution in [2.45, 2.75) is 46.1 Å². The van der Waals surface area contributed by atoms with Gasteiger partial charge >= 0.3 is 0 Å². The van der Waals surface area contributed by atoms with Crippen molar-refractivity contribution in [1.82, 2.24) is 4.31 Å². The van der Waals surface area contributed by atoms with E-state index in [-0.39, 0.29) is 11.3 Å². The van der Waals surface area contributed by atoms with Gasteiger partial charge in [0.1, 0.15) is 5.21 Å². The zero-order chi connectivity index (χ0) is 11.2. The van der Waals surface area contributed by atoms with Gasteiger partial charge < -0.3 is 0 Å². The molecule has 0 heterocycles. The zero-order valence-corrected chi connectivity index (χ0v) is 10.7. The van der Waals surface area contributed by atoms with Crippen LogP contribution in [0.1, 0.15) is 40.0 Å². The molecule has 0 N–H and O–H groups in total. The first-order valence-corrected chi connectivity index (χ1v) is 7.15. The van der Waals surface area contributed by atoms with Crippen LogP contribution in [-0.4, -0.2) is 30.5 Å². The van der Waals surface area contributed by atoms with Crippen LogP contribution in [0.3, 0.4) is 0 Å². The van der Waals surface area contributed by atoms with Crippen LogP contribution in [0.25, 0.3) is 0 Å². The van der Waals surface area contributed by atoms with Crippen LogP contribution in [0.2, 0.25) is 0 Å². The highest BCUT2D eigenvalue weighted by molar-refractivity contribution is 7.90. The fourth-order valence-electron chi connectivity index (χ4n) is 1.30. The highest BCUT2D eigenvalue weighted by Gasteiger charge is 2.22. The van der Waals surface area contributed by atoms with Crippen LogP contribution in [0, 0.1) is 0 Å². The predicted molar refractivity (Wildman–Crippen MR) is 61.0 cm³/mol. The van der Waals surface area contributed by atoms with E-state index in [1.165, 1.54) is 4.31 Å². The maximum Gasteiger partial charge on any atom is 0.228 e. The largest absolute Gasteiger partial charge is 0.228 e. The summed E-state index contributed by atoms with van der Waals surface area (Å²) in [5.41, 5.74) is 0. The lowest BCUT2D eigenvalue weighted by molar-refractivity contribution is 0.347. The third-order valence-electron chi connectivity index (χ3n) is 2.05. The molecule has 0 unspecified atom stereocenters. The van der Waals surface area contributed by atoms with Crippen LogP contribution in [-0.2, 0) is 10.0 Å². The Balaban J connectivity index is 4.31. The second-order valence-electron chi connectivity index (χ2n) is 3.63. The third-order valence-corrected chi connectivity index (χ3v) is 4.48. The number of hydrogen-bond acceptors (Lipinski definition) is 2. The summed E-state index contributed by atoms with van der Waals surface area (Å²) in [6.45, 7) is 6.42. The molecular formula is C9H20ClNO2S. The number of sulfonamides is 1. The van der Waals surface area contributed by atoms with E-state index in [1.54, 1.807) is 0 Å². The van der Waals surface area contributed by atoms with E-state index in [0.717, 1.165) is 19.3 Å². The predicted octanol–water partition coefficient (Wildman–Crippen LogP) is 2.41. The van der Waals surface area contributed by atoms with Gasteiger partial charge in [0.15, 0.2) is 0 Å². The lowest BCUT2D eigenvalue weighted by Gasteiger charge is -2.24. The molecule has 0 aliphatic carbocycles. The molecule has 86 valence electrons. The van der Waals surface area contributed by atoms with Crippen molar-refractivity contribution in [2.24, 2.45) is 0 Å². The summed E-state index contributed by atoms with van der Waals surface area (Å²) >= 11 is 5.42. The van der Waals surface area contributed by atoms with Crippen molar-refractivity contribution in [2.75, 3.05) is 11.8 Å². The standard InChI is InChI=1S/C9H20ClNO2S/c1-4-5-6-7-11(9(2)3)14(12,13)8-10/h9H,4-8H2,1-3H3. The molecule has 5 heteroatoms. The van der Waals surface area contributed by atoms with Gasteiger partial charge in [-0.05, 0) is 20.3 Å². The van der Waals surface area contributed by atoms with Crippen molar-refractivity contribution in [3.05, 3.63) is 0 Å². The van der Waals surface area contributed by atoms with Crippen LogP contribution < -0.4 is 0 Å². The highest BCUT2D eigenvalue weighted by Crippen LogP contribution is 2.11. The lowest BCUT2D eigenvalue weighted by Crippen LogP contribution is -2.38. The molecular weight excluding hydrogens is 222 g/mol. The number of hydrogen-bond donors (Lipinski definition) is 0. The van der Waals surface area contributed by atoms with E-state index in [1.807, 2.05) is 13.8 Å². The summed E-state index contributed by atoms with van der Waals surface area (Å²) < 4.78 is 24.5. The second-order valence-corrected chi connectivity index (χ2v) is 6.14. The Kier molecular flexibility index (Phi) is 6.74. The Morgan fingerprint density at radius 1 is 1.29 bits per heavy atom. The Morgan fingerprint density at radius 2 is 1.86 bits per heavy atom. The molecule has 0 atom stereocenters. The minimum atomic E-state index is -3.24. The second kappa shape index (κ2) is 6.64. The van der Waals surface area contributed by atoms with Crippen LogP contribution >= 0.6 is 11.6 Å². The molecule has 0 fully saturated rings. The molecule has 14 heavy (non-hydrogen) atoms. The fourth-order valence-corrected chi connectivity index (χ4v) is 2.85. The number of rotatable bonds is 7. The summed E-state index contributed by atoms with van der Waals surface area (Å²) in [5.74, 6) is 0. The Hall–Kier alpha value is 0.200. The average molecular weight is 242 g/mol. The fraction of sp³-hybridized carbons (Fsp3) is 1.00. The van der Waals surface area contributed by atoms with Crippen molar-refractivity contribution >= 4 is 21.6 Å². The minimum Gasteiger partial charge on any atom is -0.211 e. The van der Waals surface area contributed by atoms with Crippen molar-refractivity contribution in [1.29, 1.82) is 0 Å². The zero-order valence-electron chi connectivity index (χ0n) is 9.16. The summed E-state index contributed by atoms with van der Waals surface area (Å²) in [4.78, 5) is 0. The maximum absolute atomic E-state index is 11.5. The van der Waals surface area contributed by atoms with Crippen molar-refractivity contribution < 1.29 is 8.42 Å². The molecule has 0 aliphatic heterocycles. The number of unbranched alkanes of at least 4 members (excludes halogenated alkanes) is 2. The molecule has 0 saturated carbocycles. The normalized spacial score (nSPS) is 12.7. The molecule has 0 aromatic rings. The molecule has 0 rings (SSSR count). The number of nitrogens with zero attached hydrogens (tertiary/aromatic N) is 1. The maximum atomic E-state index is 11.5. The van der Waals surface area contributed by atoms with E-state index >= 15 is 0 Å². The lowest BCUT2D eigenvalue weighted by atomic mass is 10.2. The van der Waals surface area contributed by atoms with E-state index in [4.69, 9.17) is 11.6 Å². The van der Waals surface area contributed by atoms with Gasteiger partial charge in [-0.1, -0.05) is 19.8 Å². The van der Waals surface area contributed by atoms with E-state index in [2.05, 4.69) is 6.92 Å². The van der Waals surface area contributed by atoms with Gasteiger partial charge in [-0.3, -0.25) is 0 Å². The third kappa shape index (κ3) is 4.62. The van der Waals surface area contributed by atoms with Gasteiger partial charge in [-0.25, -0.2) is 8.42 Å². The van der Waals surface area contributed by atoms with Crippen molar-refractivity contribution in [3.63, 3.8) is 0 Å². The van der Waals surface area contributed by atoms with Crippen molar-refractivity contribution in [3.8, 4) is 0 Å². The highest BCUT2D eigenvalue weighted by atomic mass is 35.5.